The van der Waals surface area contributed by atoms with Crippen LogP contribution in [0.25, 0.3) is 5.95 Å². The summed E-state index contributed by atoms with van der Waals surface area (Å²) in [4.78, 5) is 12.5. The molecule has 0 aliphatic carbocycles. The van der Waals surface area contributed by atoms with Gasteiger partial charge in [0, 0.05) is 12.4 Å². The molecule has 17 heavy (non-hydrogen) atoms. The Morgan fingerprint density at radius 2 is 1.88 bits per heavy atom. The Balaban J connectivity index is 2.51. The maximum Gasteiger partial charge on any atom is 0.241 e. The van der Waals surface area contributed by atoms with Crippen LogP contribution in [0.4, 0.5) is 0 Å². The number of nitrogens with two attached hydrogens (primary N) is 1. The van der Waals surface area contributed by atoms with E-state index in [0.29, 0.717) is 30.1 Å². The molecule has 0 aliphatic heterocycles. The van der Waals surface area contributed by atoms with Gasteiger partial charge in [-0.15, -0.1) is 0 Å². The quantitative estimate of drug-likeness (QED) is 0.810. The van der Waals surface area contributed by atoms with Crippen molar-refractivity contribution in [1.82, 2.24) is 19.5 Å². The third-order valence-corrected chi connectivity index (χ3v) is 2.20. The number of ether oxygens (including phenoxy) is 2. The van der Waals surface area contributed by atoms with E-state index in [9.17, 15) is 0 Å². The molecule has 0 fully saturated rings. The molecule has 0 aliphatic rings. The lowest BCUT2D eigenvalue weighted by atomic mass is 10.5. The molecular weight excluding hydrogens is 222 g/mol. The molecule has 0 bridgehead atoms. The minimum atomic E-state index is 0.301. The molecule has 2 aromatic rings. The Kier molecular flexibility index (Phi) is 3.20. The second-order valence-corrected chi connectivity index (χ2v) is 3.17. The Hall–Kier alpha value is -2.15. The van der Waals surface area contributed by atoms with Gasteiger partial charge in [-0.1, -0.05) is 0 Å². The average Bonchev–Trinajstić information content (AvgIpc) is 2.86. The molecule has 0 saturated carbocycles. The molecule has 2 heterocycles. The Labute approximate surface area is 98.2 Å². The highest BCUT2D eigenvalue weighted by atomic mass is 16.5. The minimum absolute atomic E-state index is 0.301. The molecule has 7 heteroatoms. The van der Waals surface area contributed by atoms with Crippen LogP contribution in [0.2, 0.25) is 0 Å². The lowest BCUT2D eigenvalue weighted by molar-refractivity contribution is 0.370. The number of nitrogens with zero attached hydrogens (tertiary/aromatic N) is 4. The van der Waals surface area contributed by atoms with E-state index >= 15 is 0 Å². The molecule has 90 valence electrons. The monoisotopic (exact) mass is 235 g/mol. The van der Waals surface area contributed by atoms with Crippen molar-refractivity contribution in [3.8, 4) is 17.7 Å². The zero-order valence-electron chi connectivity index (χ0n) is 9.62. The molecule has 0 radical (unpaired) electrons. The van der Waals surface area contributed by atoms with Crippen molar-refractivity contribution >= 4 is 0 Å². The van der Waals surface area contributed by atoms with Gasteiger partial charge in [0.2, 0.25) is 17.7 Å². The van der Waals surface area contributed by atoms with Crippen LogP contribution in [0.3, 0.4) is 0 Å². The van der Waals surface area contributed by atoms with Gasteiger partial charge >= 0.3 is 0 Å². The van der Waals surface area contributed by atoms with Gasteiger partial charge in [0.1, 0.15) is 5.82 Å². The summed E-state index contributed by atoms with van der Waals surface area (Å²) < 4.78 is 11.8. The fourth-order valence-corrected chi connectivity index (χ4v) is 1.38. The van der Waals surface area contributed by atoms with Crippen LogP contribution in [0.15, 0.2) is 18.5 Å². The van der Waals surface area contributed by atoms with Crippen molar-refractivity contribution in [2.75, 3.05) is 14.2 Å². The first-order chi connectivity index (χ1) is 8.28. The Morgan fingerprint density at radius 1 is 1.24 bits per heavy atom. The van der Waals surface area contributed by atoms with E-state index in [1.165, 1.54) is 14.2 Å². The molecule has 0 unspecified atom stereocenters. The molecule has 2 aromatic heterocycles. The highest BCUT2D eigenvalue weighted by Crippen LogP contribution is 2.17. The van der Waals surface area contributed by atoms with Crippen LogP contribution < -0.4 is 15.2 Å². The van der Waals surface area contributed by atoms with Crippen molar-refractivity contribution < 1.29 is 9.47 Å². The van der Waals surface area contributed by atoms with E-state index in [4.69, 9.17) is 15.2 Å². The van der Waals surface area contributed by atoms with E-state index in [0.717, 1.165) is 0 Å². The molecule has 2 N–H and O–H groups in total. The highest BCUT2D eigenvalue weighted by molar-refractivity contribution is 5.28. The number of aromatic nitrogens is 4. The first kappa shape index (κ1) is 11.3. The van der Waals surface area contributed by atoms with Gasteiger partial charge in [0.25, 0.3) is 0 Å². The molecule has 7 nitrogen and oxygen atoms in total. The molecule has 0 aromatic carbocycles. The second-order valence-electron chi connectivity index (χ2n) is 3.17. The first-order valence-corrected chi connectivity index (χ1v) is 4.98. The van der Waals surface area contributed by atoms with Crippen molar-refractivity contribution in [2.45, 2.75) is 6.54 Å². The minimum Gasteiger partial charge on any atom is -0.481 e. The average molecular weight is 235 g/mol. The standard InChI is InChI=1S/C10H13N5O2/c1-16-8-5-9(17-2)14-10(13-8)15-4-3-12-7(15)6-11/h3-5H,6,11H2,1-2H3. The van der Waals surface area contributed by atoms with Gasteiger partial charge in [-0.3, -0.25) is 4.57 Å². The highest BCUT2D eigenvalue weighted by Gasteiger charge is 2.10. The van der Waals surface area contributed by atoms with Crippen LogP contribution >= 0.6 is 0 Å². The zero-order valence-corrected chi connectivity index (χ0v) is 9.62. The topological polar surface area (TPSA) is 88.1 Å². The molecule has 0 amide bonds. The number of hydrogen-bond acceptors (Lipinski definition) is 6. The van der Waals surface area contributed by atoms with E-state index in [1.54, 1.807) is 23.0 Å². The zero-order chi connectivity index (χ0) is 12.3. The Bertz CT molecular complexity index is 489. The lowest BCUT2D eigenvalue weighted by Crippen LogP contribution is -2.10. The summed E-state index contributed by atoms with van der Waals surface area (Å²) >= 11 is 0. The first-order valence-electron chi connectivity index (χ1n) is 4.98. The fourth-order valence-electron chi connectivity index (χ4n) is 1.38. The maximum absolute atomic E-state index is 5.57. The molecule has 0 spiro atoms. The van der Waals surface area contributed by atoms with E-state index in [-0.39, 0.29) is 0 Å². The predicted molar refractivity (Wildman–Crippen MR) is 60.1 cm³/mol. The molecule has 0 saturated heterocycles. The van der Waals surface area contributed by atoms with Crippen LogP contribution in [0.5, 0.6) is 11.8 Å². The van der Waals surface area contributed by atoms with Gasteiger partial charge in [0.05, 0.1) is 26.8 Å². The van der Waals surface area contributed by atoms with Gasteiger partial charge in [-0.2, -0.15) is 9.97 Å². The van der Waals surface area contributed by atoms with Gasteiger partial charge in [0.15, 0.2) is 0 Å². The van der Waals surface area contributed by atoms with Gasteiger partial charge < -0.3 is 15.2 Å². The number of rotatable bonds is 4. The van der Waals surface area contributed by atoms with E-state index < -0.39 is 0 Å². The number of hydrogen-bond donors (Lipinski definition) is 1. The maximum atomic E-state index is 5.57. The van der Waals surface area contributed by atoms with Crippen molar-refractivity contribution in [1.29, 1.82) is 0 Å². The third-order valence-electron chi connectivity index (χ3n) is 2.20. The van der Waals surface area contributed by atoms with Gasteiger partial charge in [-0.25, -0.2) is 4.98 Å². The van der Waals surface area contributed by atoms with E-state index in [1.807, 2.05) is 0 Å². The SMILES string of the molecule is COc1cc(OC)nc(-n2ccnc2CN)n1. The summed E-state index contributed by atoms with van der Waals surface area (Å²) in [7, 11) is 3.06. The smallest absolute Gasteiger partial charge is 0.241 e. The third kappa shape index (κ3) is 2.18. The summed E-state index contributed by atoms with van der Waals surface area (Å²) in [5.41, 5.74) is 5.57. The fraction of sp³-hybridized carbons (Fsp3) is 0.300. The summed E-state index contributed by atoms with van der Waals surface area (Å²) in [6.07, 6.45) is 3.37. The summed E-state index contributed by atoms with van der Waals surface area (Å²) in [5.74, 6) is 1.92. The van der Waals surface area contributed by atoms with Crippen LogP contribution in [-0.4, -0.2) is 33.7 Å². The van der Waals surface area contributed by atoms with Crippen molar-refractivity contribution in [2.24, 2.45) is 5.73 Å². The largest absolute Gasteiger partial charge is 0.481 e. The molecular formula is C10H13N5O2. The number of imidazole rings is 1. The van der Waals surface area contributed by atoms with E-state index in [2.05, 4.69) is 15.0 Å². The van der Waals surface area contributed by atoms with Crippen LogP contribution in [0, 0.1) is 0 Å². The van der Waals surface area contributed by atoms with Crippen LogP contribution in [0.1, 0.15) is 5.82 Å². The summed E-state index contributed by atoms with van der Waals surface area (Å²) in [6, 6.07) is 1.60. The predicted octanol–water partition coefficient (Wildman–Crippen LogP) is 0.138. The van der Waals surface area contributed by atoms with Gasteiger partial charge in [-0.05, 0) is 0 Å². The lowest BCUT2D eigenvalue weighted by Gasteiger charge is -2.08. The van der Waals surface area contributed by atoms with Crippen molar-refractivity contribution in [3.05, 3.63) is 24.3 Å². The summed E-state index contributed by atoms with van der Waals surface area (Å²) in [6.45, 7) is 0.301. The normalized spacial score (nSPS) is 10.3. The number of methoxy groups -OCH3 is 2. The van der Waals surface area contributed by atoms with Crippen LogP contribution in [-0.2, 0) is 6.54 Å². The second kappa shape index (κ2) is 4.79. The Morgan fingerprint density at radius 3 is 2.41 bits per heavy atom. The molecule has 2 rings (SSSR count). The van der Waals surface area contributed by atoms with Crippen molar-refractivity contribution in [3.63, 3.8) is 0 Å². The summed E-state index contributed by atoms with van der Waals surface area (Å²) in [5, 5.41) is 0. The molecule has 0 atom stereocenters.